The van der Waals surface area contributed by atoms with E-state index < -0.39 is 5.92 Å². The molecule has 4 rings (SSSR count). The first kappa shape index (κ1) is 27.8. The van der Waals surface area contributed by atoms with Crippen LogP contribution in [0.4, 0.5) is 0 Å². The van der Waals surface area contributed by atoms with E-state index in [2.05, 4.69) is 34.6 Å². The average molecular weight is 529 g/mol. The molecule has 0 saturated heterocycles. The Morgan fingerprint density at radius 1 is 0.865 bits per heavy atom. The van der Waals surface area contributed by atoms with Crippen molar-refractivity contribution in [1.29, 1.82) is 0 Å². The van der Waals surface area contributed by atoms with Crippen molar-refractivity contribution in [2.75, 3.05) is 13.2 Å². The molecule has 0 saturated carbocycles. The number of Topliss-reactive ketones (excluding diaryl/α,β-unsaturated/α-hetero) is 2. The summed E-state index contributed by atoms with van der Waals surface area (Å²) in [7, 11) is 0. The number of rotatable bonds is 9. The Bertz CT molecular complexity index is 1090. The van der Waals surface area contributed by atoms with Gasteiger partial charge in [0.2, 0.25) is 0 Å². The number of ketones is 2. The molecule has 0 bridgehead atoms. The maximum absolute atomic E-state index is 13.6. The van der Waals surface area contributed by atoms with Gasteiger partial charge in [-0.05, 0) is 41.9 Å². The van der Waals surface area contributed by atoms with Gasteiger partial charge in [-0.15, -0.1) is 0 Å². The van der Waals surface area contributed by atoms with Crippen LogP contribution in [0.25, 0.3) is 0 Å². The fourth-order valence-electron chi connectivity index (χ4n) is 5.87. The van der Waals surface area contributed by atoms with Crippen molar-refractivity contribution in [3.63, 3.8) is 0 Å². The lowest BCUT2D eigenvalue weighted by molar-refractivity contribution is -0.120. The molecule has 202 valence electrons. The Morgan fingerprint density at radius 2 is 1.46 bits per heavy atom. The third-order valence-electron chi connectivity index (χ3n) is 7.49. The fourth-order valence-corrected chi connectivity index (χ4v) is 6.14. The van der Waals surface area contributed by atoms with Gasteiger partial charge < -0.3 is 14.2 Å². The van der Waals surface area contributed by atoms with Crippen LogP contribution in [0.1, 0.15) is 104 Å². The summed E-state index contributed by atoms with van der Waals surface area (Å²) in [6, 6.07) is 3.75. The van der Waals surface area contributed by atoms with Gasteiger partial charge in [0.25, 0.3) is 0 Å². The lowest BCUT2D eigenvalue weighted by Gasteiger charge is -2.42. The summed E-state index contributed by atoms with van der Waals surface area (Å²) in [5.41, 5.74) is 1.57. The van der Waals surface area contributed by atoms with Crippen LogP contribution in [0.2, 0.25) is 5.02 Å². The first-order valence-corrected chi connectivity index (χ1v) is 14.1. The Labute approximate surface area is 226 Å². The van der Waals surface area contributed by atoms with Gasteiger partial charge in [0.1, 0.15) is 11.5 Å². The summed E-state index contributed by atoms with van der Waals surface area (Å²) in [5.74, 6) is 2.01. The molecule has 0 atom stereocenters. The van der Waals surface area contributed by atoms with E-state index in [-0.39, 0.29) is 22.4 Å². The number of allylic oxidation sites excluding steroid dienone is 4. The zero-order chi connectivity index (χ0) is 27.0. The van der Waals surface area contributed by atoms with Crippen LogP contribution in [-0.4, -0.2) is 24.8 Å². The molecule has 0 unspecified atom stereocenters. The van der Waals surface area contributed by atoms with E-state index in [4.69, 9.17) is 25.8 Å². The SMILES string of the molecule is CCCCCCOc1c(Cl)cc(C2C3=C(CC(C)(C)CC3=O)OC3=C2C(=O)CC(C)(C)C3)cc1OCC. The molecule has 1 aliphatic heterocycles. The molecule has 37 heavy (non-hydrogen) atoms. The van der Waals surface area contributed by atoms with Gasteiger partial charge in [-0.1, -0.05) is 65.5 Å². The minimum absolute atomic E-state index is 0.0331. The van der Waals surface area contributed by atoms with Crippen molar-refractivity contribution in [1.82, 2.24) is 0 Å². The average Bonchev–Trinajstić information content (AvgIpc) is 2.77. The minimum Gasteiger partial charge on any atom is -0.490 e. The zero-order valence-electron chi connectivity index (χ0n) is 23.2. The number of carbonyl (C=O) groups excluding carboxylic acids is 2. The van der Waals surface area contributed by atoms with Crippen molar-refractivity contribution in [2.45, 2.75) is 98.8 Å². The summed E-state index contributed by atoms with van der Waals surface area (Å²) in [6.07, 6.45) is 6.51. The van der Waals surface area contributed by atoms with Crippen molar-refractivity contribution in [3.8, 4) is 11.5 Å². The number of carbonyl (C=O) groups is 2. The largest absolute Gasteiger partial charge is 0.490 e. The Hall–Kier alpha value is -2.27. The molecule has 1 aromatic rings. The van der Waals surface area contributed by atoms with Gasteiger partial charge in [0.05, 0.1) is 18.2 Å². The number of hydrogen-bond donors (Lipinski definition) is 0. The molecule has 1 heterocycles. The van der Waals surface area contributed by atoms with Crippen LogP contribution < -0.4 is 9.47 Å². The predicted octanol–water partition coefficient (Wildman–Crippen LogP) is 8.10. The number of halogens is 1. The summed E-state index contributed by atoms with van der Waals surface area (Å²) >= 11 is 6.81. The molecular formula is C31H41ClO5. The molecule has 0 fully saturated rings. The van der Waals surface area contributed by atoms with Crippen LogP contribution in [0, 0.1) is 10.8 Å². The summed E-state index contributed by atoms with van der Waals surface area (Å²) < 4.78 is 18.5. The fraction of sp³-hybridized carbons (Fsp3) is 0.613. The summed E-state index contributed by atoms with van der Waals surface area (Å²) in [4.78, 5) is 27.1. The molecule has 0 aromatic heterocycles. The highest BCUT2D eigenvalue weighted by Crippen LogP contribution is 2.54. The highest BCUT2D eigenvalue weighted by molar-refractivity contribution is 6.32. The molecule has 6 heteroatoms. The van der Waals surface area contributed by atoms with Crippen LogP contribution in [0.3, 0.4) is 0 Å². The van der Waals surface area contributed by atoms with Gasteiger partial charge in [-0.3, -0.25) is 9.59 Å². The van der Waals surface area contributed by atoms with E-state index in [0.29, 0.717) is 78.1 Å². The quantitative estimate of drug-likeness (QED) is 0.303. The monoisotopic (exact) mass is 528 g/mol. The molecule has 0 amide bonds. The van der Waals surface area contributed by atoms with E-state index in [9.17, 15) is 9.59 Å². The minimum atomic E-state index is -0.513. The van der Waals surface area contributed by atoms with E-state index in [0.717, 1.165) is 24.8 Å². The van der Waals surface area contributed by atoms with Crippen LogP contribution >= 0.6 is 11.6 Å². The van der Waals surface area contributed by atoms with Gasteiger partial charge in [0, 0.05) is 42.7 Å². The van der Waals surface area contributed by atoms with Gasteiger partial charge in [-0.2, -0.15) is 0 Å². The molecule has 0 N–H and O–H groups in total. The number of ether oxygens (including phenoxy) is 3. The van der Waals surface area contributed by atoms with Crippen molar-refractivity contribution < 1.29 is 23.8 Å². The molecule has 1 aromatic carbocycles. The molecule has 3 aliphatic rings. The highest BCUT2D eigenvalue weighted by atomic mass is 35.5. The first-order chi connectivity index (χ1) is 17.5. The standard InChI is InChI=1S/C31H41ClO5/c1-7-9-10-11-12-36-29-20(32)13-19(14-23(29)35-8-2)26-27-21(33)15-30(3,4)17-24(27)37-25-18-31(5,6)16-22(34)28(25)26/h13-14,26H,7-12,15-18H2,1-6H3. The van der Waals surface area contributed by atoms with Crippen LogP contribution in [-0.2, 0) is 14.3 Å². The maximum atomic E-state index is 13.6. The van der Waals surface area contributed by atoms with Gasteiger partial charge in [0.15, 0.2) is 23.1 Å². The van der Waals surface area contributed by atoms with Crippen LogP contribution in [0.5, 0.6) is 11.5 Å². The second-order valence-corrected chi connectivity index (χ2v) is 12.7. The van der Waals surface area contributed by atoms with Crippen LogP contribution in [0.15, 0.2) is 34.8 Å². The lowest BCUT2D eigenvalue weighted by atomic mass is 9.65. The second kappa shape index (κ2) is 10.8. The normalized spacial score (nSPS) is 20.9. The second-order valence-electron chi connectivity index (χ2n) is 12.3. The Morgan fingerprint density at radius 3 is 2.00 bits per heavy atom. The lowest BCUT2D eigenvalue weighted by Crippen LogP contribution is -2.37. The van der Waals surface area contributed by atoms with Gasteiger partial charge >= 0.3 is 0 Å². The van der Waals surface area contributed by atoms with Crippen molar-refractivity contribution >= 4 is 23.2 Å². The van der Waals surface area contributed by atoms with Crippen molar-refractivity contribution in [3.05, 3.63) is 45.4 Å². The molecule has 5 nitrogen and oxygen atoms in total. The Kier molecular flexibility index (Phi) is 8.13. The van der Waals surface area contributed by atoms with E-state index in [1.54, 1.807) is 0 Å². The predicted molar refractivity (Wildman–Crippen MR) is 146 cm³/mol. The summed E-state index contributed by atoms with van der Waals surface area (Å²) in [5, 5.41) is 0.430. The zero-order valence-corrected chi connectivity index (χ0v) is 24.0. The Balaban J connectivity index is 1.80. The molecular weight excluding hydrogens is 488 g/mol. The smallest absolute Gasteiger partial charge is 0.179 e. The van der Waals surface area contributed by atoms with Gasteiger partial charge in [-0.25, -0.2) is 0 Å². The number of unbranched alkanes of at least 4 members (excludes halogenated alkanes) is 3. The third kappa shape index (κ3) is 5.92. The van der Waals surface area contributed by atoms with E-state index >= 15 is 0 Å². The molecule has 2 aliphatic carbocycles. The molecule has 0 radical (unpaired) electrons. The maximum Gasteiger partial charge on any atom is 0.179 e. The first-order valence-electron chi connectivity index (χ1n) is 13.8. The van der Waals surface area contributed by atoms with E-state index in [1.165, 1.54) is 6.42 Å². The summed E-state index contributed by atoms with van der Waals surface area (Å²) in [6.45, 7) is 13.4. The van der Waals surface area contributed by atoms with Crippen molar-refractivity contribution in [2.24, 2.45) is 10.8 Å². The third-order valence-corrected chi connectivity index (χ3v) is 7.77. The molecule has 0 spiro atoms. The highest BCUT2D eigenvalue weighted by Gasteiger charge is 2.48. The van der Waals surface area contributed by atoms with E-state index in [1.807, 2.05) is 19.1 Å². The number of hydrogen-bond acceptors (Lipinski definition) is 5. The topological polar surface area (TPSA) is 61.8 Å². The number of benzene rings is 1.